The van der Waals surface area contributed by atoms with E-state index in [2.05, 4.69) is 20.9 Å². The highest BCUT2D eigenvalue weighted by molar-refractivity contribution is 5.96. The fourth-order valence-electron chi connectivity index (χ4n) is 3.81. The molecule has 38 heavy (non-hydrogen) atoms. The number of aliphatic carboxylic acids is 2. The minimum atomic E-state index is -1.64. The van der Waals surface area contributed by atoms with Crippen LogP contribution in [0.4, 0.5) is 0 Å². The van der Waals surface area contributed by atoms with Crippen LogP contribution in [0.3, 0.4) is 0 Å². The normalized spacial score (nSPS) is 15.9. The van der Waals surface area contributed by atoms with Crippen molar-refractivity contribution in [3.05, 3.63) is 36.0 Å². The van der Waals surface area contributed by atoms with Gasteiger partial charge < -0.3 is 42.0 Å². The largest absolute Gasteiger partial charge is 0.481 e. The second-order valence-corrected chi connectivity index (χ2v) is 9.26. The highest BCUT2D eigenvalue weighted by Crippen LogP contribution is 2.19. The van der Waals surface area contributed by atoms with Gasteiger partial charge in [0.1, 0.15) is 18.1 Å². The smallest absolute Gasteiger partial charge is 0.326 e. The number of amides is 3. The molecule has 0 fully saturated rings. The number of rotatable bonds is 14. The Morgan fingerprint density at radius 2 is 1.58 bits per heavy atom. The van der Waals surface area contributed by atoms with Crippen LogP contribution in [-0.2, 0) is 30.4 Å². The molecular weight excluding hydrogens is 498 g/mol. The van der Waals surface area contributed by atoms with Gasteiger partial charge in [0.2, 0.25) is 17.7 Å². The summed E-state index contributed by atoms with van der Waals surface area (Å²) >= 11 is 0. The summed E-state index contributed by atoms with van der Waals surface area (Å²) in [5, 5.41) is 36.7. The lowest BCUT2D eigenvalue weighted by Crippen LogP contribution is -2.60. The van der Waals surface area contributed by atoms with Crippen LogP contribution in [0.1, 0.15) is 39.2 Å². The Balaban J connectivity index is 2.16. The van der Waals surface area contributed by atoms with Gasteiger partial charge in [0.05, 0.1) is 18.6 Å². The van der Waals surface area contributed by atoms with Crippen LogP contribution in [0.25, 0.3) is 10.9 Å². The maximum Gasteiger partial charge on any atom is 0.326 e. The molecule has 1 heterocycles. The number of aliphatic hydroxyl groups is 1. The summed E-state index contributed by atoms with van der Waals surface area (Å²) in [4.78, 5) is 64.5. The zero-order valence-electron chi connectivity index (χ0n) is 21.4. The lowest BCUT2D eigenvalue weighted by atomic mass is 9.99. The minimum Gasteiger partial charge on any atom is -0.481 e. The molecule has 0 saturated carbocycles. The first-order valence-electron chi connectivity index (χ1n) is 12.2. The fourth-order valence-corrected chi connectivity index (χ4v) is 3.81. The molecule has 6 unspecified atom stereocenters. The third kappa shape index (κ3) is 8.02. The number of carboxylic acids is 2. The number of nitrogens with one attached hydrogen (secondary N) is 4. The van der Waals surface area contributed by atoms with Crippen LogP contribution < -0.4 is 21.7 Å². The summed E-state index contributed by atoms with van der Waals surface area (Å²) in [5.41, 5.74) is 7.28. The number of aromatic nitrogens is 1. The number of benzene rings is 1. The molecule has 208 valence electrons. The van der Waals surface area contributed by atoms with Crippen LogP contribution in [0.5, 0.6) is 0 Å². The summed E-state index contributed by atoms with van der Waals surface area (Å²) in [7, 11) is 0. The molecule has 0 aliphatic carbocycles. The first kappa shape index (κ1) is 30.3. The van der Waals surface area contributed by atoms with Crippen molar-refractivity contribution in [1.29, 1.82) is 0 Å². The summed E-state index contributed by atoms with van der Waals surface area (Å²) in [5.74, 6) is -5.79. The van der Waals surface area contributed by atoms with Crippen LogP contribution in [0.2, 0.25) is 0 Å². The molecule has 0 aliphatic rings. The number of fused-ring (bicyclic) bond motifs is 1. The third-order valence-electron chi connectivity index (χ3n) is 6.35. The second kappa shape index (κ2) is 13.5. The minimum absolute atomic E-state index is 0.0865. The first-order valence-corrected chi connectivity index (χ1v) is 12.2. The van der Waals surface area contributed by atoms with Gasteiger partial charge in [-0.05, 0) is 24.5 Å². The predicted octanol–water partition coefficient (Wildman–Crippen LogP) is -0.522. The van der Waals surface area contributed by atoms with Gasteiger partial charge in [-0.3, -0.25) is 19.2 Å². The highest BCUT2D eigenvalue weighted by Gasteiger charge is 2.34. The number of aliphatic hydroxyl groups excluding tert-OH is 1. The predicted molar refractivity (Wildman–Crippen MR) is 137 cm³/mol. The fraction of sp³-hybridized carbons (Fsp3) is 0.480. The molecule has 13 nitrogen and oxygen atoms in total. The van der Waals surface area contributed by atoms with E-state index in [0.29, 0.717) is 12.0 Å². The number of nitrogens with two attached hydrogens (primary N) is 1. The monoisotopic (exact) mass is 533 g/mol. The molecule has 1 aromatic heterocycles. The summed E-state index contributed by atoms with van der Waals surface area (Å²) < 4.78 is 0. The van der Waals surface area contributed by atoms with Gasteiger partial charge in [-0.25, -0.2) is 4.79 Å². The number of carboxylic acid groups (broad SMARTS) is 2. The van der Waals surface area contributed by atoms with Crippen LogP contribution in [0, 0.1) is 5.92 Å². The molecule has 0 spiro atoms. The number of carbonyl (C=O) groups is 5. The maximum atomic E-state index is 12.9. The van der Waals surface area contributed by atoms with E-state index < -0.39 is 66.4 Å². The van der Waals surface area contributed by atoms with Crippen LogP contribution >= 0.6 is 0 Å². The zero-order chi connectivity index (χ0) is 28.6. The number of aromatic amines is 1. The quantitative estimate of drug-likeness (QED) is 0.156. The number of H-pyrrole nitrogens is 1. The molecule has 13 heteroatoms. The average Bonchev–Trinajstić information content (AvgIpc) is 3.27. The molecule has 9 N–H and O–H groups in total. The van der Waals surface area contributed by atoms with E-state index in [1.807, 2.05) is 19.1 Å². The number of hydrogen-bond acceptors (Lipinski definition) is 7. The summed E-state index contributed by atoms with van der Waals surface area (Å²) in [6.45, 7) is 4.73. The molecule has 6 atom stereocenters. The number of hydrogen-bond donors (Lipinski definition) is 8. The van der Waals surface area contributed by atoms with Gasteiger partial charge in [0.25, 0.3) is 0 Å². The van der Waals surface area contributed by atoms with Crippen molar-refractivity contribution >= 4 is 40.6 Å². The highest BCUT2D eigenvalue weighted by atomic mass is 16.4. The Morgan fingerprint density at radius 1 is 0.947 bits per heavy atom. The Morgan fingerprint density at radius 3 is 2.16 bits per heavy atom. The van der Waals surface area contributed by atoms with Crippen molar-refractivity contribution in [2.45, 2.75) is 70.3 Å². The molecular formula is C25H35N5O8. The lowest BCUT2D eigenvalue weighted by molar-refractivity contribution is -0.144. The van der Waals surface area contributed by atoms with E-state index >= 15 is 0 Å². The number of carbonyl (C=O) groups excluding carboxylic acids is 3. The van der Waals surface area contributed by atoms with Crippen molar-refractivity contribution in [1.82, 2.24) is 20.9 Å². The van der Waals surface area contributed by atoms with Crippen molar-refractivity contribution in [2.75, 3.05) is 0 Å². The van der Waals surface area contributed by atoms with E-state index in [1.165, 1.54) is 6.92 Å². The molecule has 3 amide bonds. The van der Waals surface area contributed by atoms with Crippen molar-refractivity contribution in [2.24, 2.45) is 11.7 Å². The molecule has 2 rings (SSSR count). The van der Waals surface area contributed by atoms with Crippen molar-refractivity contribution in [3.63, 3.8) is 0 Å². The molecule has 0 radical (unpaired) electrons. The van der Waals surface area contributed by atoms with E-state index in [4.69, 9.17) is 5.73 Å². The standard InChI is InChI=1S/C25H35N5O8/c1-4-12(2)20(26)23(35)28-17(10-19(32)33)22(34)30-21(13(3)31)24(36)29-18(25(37)38)9-14-11-27-16-8-6-5-7-15(14)16/h5-8,11-13,17-18,20-21,27,31H,4,9-10,26H2,1-3H3,(H,28,35)(H,29,36)(H,30,34)(H,32,33)(H,37,38). The van der Waals surface area contributed by atoms with Crippen molar-refractivity contribution < 1.29 is 39.3 Å². The van der Waals surface area contributed by atoms with Gasteiger partial charge in [0.15, 0.2) is 0 Å². The van der Waals surface area contributed by atoms with E-state index in [0.717, 1.165) is 10.9 Å². The molecule has 0 aliphatic heterocycles. The molecule has 2 aromatic rings. The zero-order valence-corrected chi connectivity index (χ0v) is 21.4. The average molecular weight is 534 g/mol. The Labute approximate surface area is 219 Å². The van der Waals surface area contributed by atoms with Gasteiger partial charge in [-0.2, -0.15) is 0 Å². The number of para-hydroxylation sites is 1. The van der Waals surface area contributed by atoms with E-state index in [9.17, 15) is 39.3 Å². The Kier molecular flexibility index (Phi) is 10.8. The van der Waals surface area contributed by atoms with Crippen molar-refractivity contribution in [3.8, 4) is 0 Å². The Hall–Kier alpha value is -3.97. The van der Waals surface area contributed by atoms with Gasteiger partial charge in [-0.15, -0.1) is 0 Å². The Bertz CT molecular complexity index is 1160. The van der Waals surface area contributed by atoms with Crippen LogP contribution in [0.15, 0.2) is 30.5 Å². The lowest BCUT2D eigenvalue weighted by Gasteiger charge is -2.26. The second-order valence-electron chi connectivity index (χ2n) is 9.26. The van der Waals surface area contributed by atoms with Gasteiger partial charge in [0, 0.05) is 23.5 Å². The first-order chi connectivity index (χ1) is 17.8. The molecule has 0 saturated heterocycles. The summed E-state index contributed by atoms with van der Waals surface area (Å²) in [6, 6.07) is 1.58. The third-order valence-corrected chi connectivity index (χ3v) is 6.35. The van der Waals surface area contributed by atoms with Gasteiger partial charge >= 0.3 is 11.9 Å². The van der Waals surface area contributed by atoms with E-state index in [-0.39, 0.29) is 12.3 Å². The summed E-state index contributed by atoms with van der Waals surface area (Å²) in [6.07, 6.45) is -0.180. The maximum absolute atomic E-state index is 12.9. The molecule has 1 aromatic carbocycles. The van der Waals surface area contributed by atoms with Crippen LogP contribution in [-0.4, -0.2) is 80.2 Å². The topological polar surface area (TPSA) is 224 Å². The SMILES string of the molecule is CCC(C)C(N)C(=O)NC(CC(=O)O)C(=O)NC(C(=O)NC(Cc1c[nH]c2ccccc12)C(=O)O)C(C)O. The molecule has 0 bridgehead atoms. The van der Waals surface area contributed by atoms with E-state index in [1.54, 1.807) is 25.3 Å². The van der Waals surface area contributed by atoms with Gasteiger partial charge in [-0.1, -0.05) is 38.5 Å².